The molecule has 5 heteroatoms. The van der Waals surface area contributed by atoms with Crippen molar-refractivity contribution >= 4 is 5.97 Å². The Kier molecular flexibility index (Phi) is 4.80. The molecule has 2 rings (SSSR count). The van der Waals surface area contributed by atoms with E-state index in [4.69, 9.17) is 8.83 Å². The Balaban J connectivity index is 1.93. The third-order valence-electron chi connectivity index (χ3n) is 2.78. The lowest BCUT2D eigenvalue weighted by Gasteiger charge is -2.19. The predicted molar refractivity (Wildman–Crippen MR) is 68.2 cm³/mol. The monoisotopic (exact) mass is 263 g/mol. The predicted octanol–water partition coefficient (Wildman–Crippen LogP) is 2.44. The van der Waals surface area contributed by atoms with Crippen molar-refractivity contribution in [2.24, 2.45) is 0 Å². The SMILES string of the molecule is COC(=O)CCN(Cc1ccco1)Cc1ccco1. The third-order valence-corrected chi connectivity index (χ3v) is 2.78. The lowest BCUT2D eigenvalue weighted by Crippen LogP contribution is -2.25. The fourth-order valence-corrected chi connectivity index (χ4v) is 1.81. The van der Waals surface area contributed by atoms with Gasteiger partial charge in [0.1, 0.15) is 11.5 Å². The van der Waals surface area contributed by atoms with Crippen molar-refractivity contribution in [3.63, 3.8) is 0 Å². The number of esters is 1. The summed E-state index contributed by atoms with van der Waals surface area (Å²) in [4.78, 5) is 13.3. The molecule has 0 radical (unpaired) electrons. The number of furan rings is 2. The summed E-state index contributed by atoms with van der Waals surface area (Å²) in [6.45, 7) is 1.85. The van der Waals surface area contributed by atoms with Gasteiger partial charge in [-0.05, 0) is 24.3 Å². The Morgan fingerprint density at radius 2 is 1.74 bits per heavy atom. The van der Waals surface area contributed by atoms with E-state index in [1.807, 2.05) is 24.3 Å². The van der Waals surface area contributed by atoms with E-state index in [1.165, 1.54) is 7.11 Å². The van der Waals surface area contributed by atoms with Gasteiger partial charge in [0.05, 0.1) is 39.1 Å². The number of methoxy groups -OCH3 is 1. The molecule has 0 saturated heterocycles. The zero-order chi connectivity index (χ0) is 13.5. The molecule has 0 spiro atoms. The van der Waals surface area contributed by atoms with E-state index in [0.29, 0.717) is 26.1 Å². The van der Waals surface area contributed by atoms with Gasteiger partial charge in [0.15, 0.2) is 0 Å². The van der Waals surface area contributed by atoms with Crippen LogP contribution < -0.4 is 0 Å². The van der Waals surface area contributed by atoms with Crippen molar-refractivity contribution in [2.75, 3.05) is 13.7 Å². The standard InChI is InChI=1S/C14H17NO4/c1-17-14(16)6-7-15(10-12-4-2-8-18-12)11-13-5-3-9-19-13/h2-5,8-9H,6-7,10-11H2,1H3. The summed E-state index contributed by atoms with van der Waals surface area (Å²) in [5, 5.41) is 0. The number of carbonyl (C=O) groups excluding carboxylic acids is 1. The Bertz CT molecular complexity index is 439. The number of hydrogen-bond acceptors (Lipinski definition) is 5. The highest BCUT2D eigenvalue weighted by atomic mass is 16.5. The van der Waals surface area contributed by atoms with Crippen LogP contribution in [-0.4, -0.2) is 24.5 Å². The fraction of sp³-hybridized carbons (Fsp3) is 0.357. The molecule has 0 aliphatic rings. The van der Waals surface area contributed by atoms with Crippen LogP contribution in [-0.2, 0) is 22.6 Å². The summed E-state index contributed by atoms with van der Waals surface area (Å²) >= 11 is 0. The molecule has 0 aliphatic carbocycles. The van der Waals surface area contributed by atoms with Gasteiger partial charge >= 0.3 is 5.97 Å². The Morgan fingerprint density at radius 3 is 2.16 bits per heavy atom. The molecule has 0 fully saturated rings. The maximum absolute atomic E-state index is 11.2. The molecule has 0 unspecified atom stereocenters. The summed E-state index contributed by atoms with van der Waals surface area (Å²) in [6, 6.07) is 7.52. The number of rotatable bonds is 7. The van der Waals surface area contributed by atoms with E-state index in [1.54, 1.807) is 12.5 Å². The highest BCUT2D eigenvalue weighted by Gasteiger charge is 2.12. The lowest BCUT2D eigenvalue weighted by atomic mass is 10.3. The first-order valence-electron chi connectivity index (χ1n) is 6.12. The fourth-order valence-electron chi connectivity index (χ4n) is 1.81. The molecule has 0 amide bonds. The van der Waals surface area contributed by atoms with E-state index in [2.05, 4.69) is 9.64 Å². The van der Waals surface area contributed by atoms with Gasteiger partial charge in [-0.15, -0.1) is 0 Å². The van der Waals surface area contributed by atoms with Gasteiger partial charge in [-0.1, -0.05) is 0 Å². The average Bonchev–Trinajstić information content (AvgIpc) is 3.08. The molecule has 0 saturated carbocycles. The van der Waals surface area contributed by atoms with Crippen molar-refractivity contribution in [1.82, 2.24) is 4.90 Å². The van der Waals surface area contributed by atoms with Gasteiger partial charge in [0, 0.05) is 6.54 Å². The zero-order valence-corrected chi connectivity index (χ0v) is 10.9. The van der Waals surface area contributed by atoms with Crippen molar-refractivity contribution in [1.29, 1.82) is 0 Å². The molecule has 2 aromatic heterocycles. The topological polar surface area (TPSA) is 55.8 Å². The Labute approximate surface area is 111 Å². The van der Waals surface area contributed by atoms with Gasteiger partial charge in [-0.2, -0.15) is 0 Å². The smallest absolute Gasteiger partial charge is 0.306 e. The van der Waals surface area contributed by atoms with E-state index >= 15 is 0 Å². The van der Waals surface area contributed by atoms with Gasteiger partial charge < -0.3 is 13.6 Å². The summed E-state index contributed by atoms with van der Waals surface area (Å²) in [5.74, 6) is 1.50. The average molecular weight is 263 g/mol. The van der Waals surface area contributed by atoms with Crippen LogP contribution in [0.25, 0.3) is 0 Å². The van der Waals surface area contributed by atoms with Crippen LogP contribution in [0.3, 0.4) is 0 Å². The highest BCUT2D eigenvalue weighted by Crippen LogP contribution is 2.11. The molecule has 0 N–H and O–H groups in total. The molecule has 0 aromatic carbocycles. The number of ether oxygens (including phenoxy) is 1. The van der Waals surface area contributed by atoms with Crippen molar-refractivity contribution in [2.45, 2.75) is 19.5 Å². The number of carbonyl (C=O) groups is 1. The van der Waals surface area contributed by atoms with Crippen molar-refractivity contribution in [3.05, 3.63) is 48.3 Å². The second kappa shape index (κ2) is 6.80. The molecule has 5 nitrogen and oxygen atoms in total. The molecule has 102 valence electrons. The molecule has 2 aromatic rings. The zero-order valence-electron chi connectivity index (χ0n) is 10.9. The molecule has 0 atom stereocenters. The molecular weight excluding hydrogens is 246 g/mol. The van der Waals surface area contributed by atoms with Gasteiger partial charge in [0.2, 0.25) is 0 Å². The normalized spacial score (nSPS) is 10.8. The first-order chi connectivity index (χ1) is 9.28. The second-order valence-corrected chi connectivity index (χ2v) is 4.20. The van der Waals surface area contributed by atoms with Crippen LogP contribution >= 0.6 is 0 Å². The maximum atomic E-state index is 11.2. The van der Waals surface area contributed by atoms with Gasteiger partial charge in [0.25, 0.3) is 0 Å². The molecular formula is C14H17NO4. The minimum Gasteiger partial charge on any atom is -0.469 e. The minimum absolute atomic E-state index is 0.219. The van der Waals surface area contributed by atoms with Crippen LogP contribution in [0.15, 0.2) is 45.6 Å². The molecule has 2 heterocycles. The number of nitrogens with zero attached hydrogens (tertiary/aromatic N) is 1. The van der Waals surface area contributed by atoms with Gasteiger partial charge in [-0.25, -0.2) is 0 Å². The lowest BCUT2D eigenvalue weighted by molar-refractivity contribution is -0.141. The van der Waals surface area contributed by atoms with E-state index in [9.17, 15) is 4.79 Å². The van der Waals surface area contributed by atoms with Crippen molar-refractivity contribution < 1.29 is 18.4 Å². The molecule has 0 bridgehead atoms. The Hall–Kier alpha value is -2.01. The van der Waals surface area contributed by atoms with Crippen molar-refractivity contribution in [3.8, 4) is 0 Å². The quantitative estimate of drug-likeness (QED) is 0.718. The summed E-state index contributed by atoms with van der Waals surface area (Å²) < 4.78 is 15.3. The largest absolute Gasteiger partial charge is 0.469 e. The van der Waals surface area contributed by atoms with E-state index < -0.39 is 0 Å². The van der Waals surface area contributed by atoms with Crippen LogP contribution in [0.1, 0.15) is 17.9 Å². The summed E-state index contributed by atoms with van der Waals surface area (Å²) in [5.41, 5.74) is 0. The third kappa shape index (κ3) is 4.30. The molecule has 19 heavy (non-hydrogen) atoms. The Morgan fingerprint density at radius 1 is 1.16 bits per heavy atom. The van der Waals surface area contributed by atoms with E-state index in [-0.39, 0.29) is 5.97 Å². The van der Waals surface area contributed by atoms with Gasteiger partial charge in [-0.3, -0.25) is 9.69 Å². The highest BCUT2D eigenvalue weighted by molar-refractivity contribution is 5.69. The molecule has 0 aliphatic heterocycles. The van der Waals surface area contributed by atoms with Crippen LogP contribution in [0.5, 0.6) is 0 Å². The first-order valence-corrected chi connectivity index (χ1v) is 6.12. The first kappa shape index (κ1) is 13.4. The number of hydrogen-bond donors (Lipinski definition) is 0. The van der Waals surface area contributed by atoms with E-state index in [0.717, 1.165) is 11.5 Å². The van der Waals surface area contributed by atoms with Crippen LogP contribution in [0, 0.1) is 0 Å². The maximum Gasteiger partial charge on any atom is 0.306 e. The summed E-state index contributed by atoms with van der Waals surface area (Å²) in [6.07, 6.45) is 3.62. The minimum atomic E-state index is -0.219. The summed E-state index contributed by atoms with van der Waals surface area (Å²) in [7, 11) is 1.39. The van der Waals surface area contributed by atoms with Crippen LogP contribution in [0.4, 0.5) is 0 Å². The second-order valence-electron chi connectivity index (χ2n) is 4.20. The van der Waals surface area contributed by atoms with Crippen LogP contribution in [0.2, 0.25) is 0 Å².